The molecule has 0 bridgehead atoms. The lowest BCUT2D eigenvalue weighted by atomic mass is 10.1. The zero-order valence-electron chi connectivity index (χ0n) is 21.8. The normalized spacial score (nSPS) is 24.2. The molecule has 2 atom stereocenters. The first kappa shape index (κ1) is 29.6. The molecule has 0 saturated carbocycles. The monoisotopic (exact) mass is 508 g/mol. The highest BCUT2D eigenvalue weighted by atomic mass is 16.5. The van der Waals surface area contributed by atoms with Crippen molar-refractivity contribution in [1.29, 1.82) is 0 Å². The molecule has 0 aliphatic carbocycles. The van der Waals surface area contributed by atoms with Gasteiger partial charge in [-0.05, 0) is 39.8 Å². The second-order valence-corrected chi connectivity index (χ2v) is 9.26. The molecule has 1 heterocycles. The van der Waals surface area contributed by atoms with E-state index >= 15 is 0 Å². The van der Waals surface area contributed by atoms with Gasteiger partial charge in [-0.3, -0.25) is 8.97 Å². The fraction of sp³-hybridized carbons (Fsp3) is 0.615. The Labute approximate surface area is 212 Å². The zero-order chi connectivity index (χ0) is 26.9. The summed E-state index contributed by atoms with van der Waals surface area (Å²) in [5.74, 6) is -1.96. The Kier molecular flexibility index (Phi) is 10.7. The SMILES string of the molecule is CC[N+]1(CC)CC(O)COC(=O)c2ccccc2C(=O)OCC(O)C[N+](CC)(CC)C(=O)CCC1=O. The van der Waals surface area contributed by atoms with Crippen molar-refractivity contribution in [1.82, 2.24) is 0 Å². The molecule has 36 heavy (non-hydrogen) atoms. The average molecular weight is 509 g/mol. The highest BCUT2D eigenvalue weighted by molar-refractivity contribution is 6.03. The molecule has 2 N–H and O–H groups in total. The molecule has 1 aromatic rings. The standard InChI is InChI=1S/C26H40N2O8/c1-5-27(6-2)15-19(29)17-35-25(33)21-11-9-10-12-22(21)26(34)36-18-20(30)16-28(7-3,8-4)24(32)14-13-23(27)31/h9-12,19-20,29-30H,5-8,13-18H2,1-4H3/q+2. The Morgan fingerprint density at radius 3 is 1.33 bits per heavy atom. The van der Waals surface area contributed by atoms with Gasteiger partial charge in [0.05, 0.1) is 50.1 Å². The largest absolute Gasteiger partial charge is 0.459 e. The van der Waals surface area contributed by atoms with E-state index in [9.17, 15) is 29.4 Å². The van der Waals surface area contributed by atoms with Gasteiger partial charge in [0.1, 0.15) is 38.5 Å². The topological polar surface area (TPSA) is 127 Å². The number of esters is 2. The molecule has 1 aromatic carbocycles. The van der Waals surface area contributed by atoms with Crippen LogP contribution < -0.4 is 0 Å². The molecule has 1 aliphatic heterocycles. The van der Waals surface area contributed by atoms with Crippen LogP contribution in [0.1, 0.15) is 61.3 Å². The molecular formula is C26H40N2O8+2. The number of rotatable bonds is 4. The van der Waals surface area contributed by atoms with Crippen molar-refractivity contribution in [3.8, 4) is 0 Å². The molecule has 2 unspecified atom stereocenters. The number of aliphatic hydroxyl groups excluding tert-OH is 2. The molecule has 1 aliphatic rings. The van der Waals surface area contributed by atoms with Crippen molar-refractivity contribution in [2.24, 2.45) is 0 Å². The molecule has 0 radical (unpaired) electrons. The van der Waals surface area contributed by atoms with Gasteiger partial charge in [0, 0.05) is 0 Å². The van der Waals surface area contributed by atoms with E-state index in [-0.39, 0.29) is 71.1 Å². The number of nitrogens with zero attached hydrogens (tertiary/aromatic N) is 2. The number of hydrogen-bond acceptors (Lipinski definition) is 8. The minimum atomic E-state index is -1.12. The van der Waals surface area contributed by atoms with Crippen molar-refractivity contribution in [3.05, 3.63) is 35.4 Å². The quantitative estimate of drug-likeness (QED) is 0.460. The number of hydrogen-bond donors (Lipinski definition) is 2. The van der Waals surface area contributed by atoms with Crippen LogP contribution in [-0.2, 0) is 19.1 Å². The number of amides is 2. The third-order valence-corrected chi connectivity index (χ3v) is 7.33. The Morgan fingerprint density at radius 1 is 0.694 bits per heavy atom. The predicted molar refractivity (Wildman–Crippen MR) is 131 cm³/mol. The number of benzene rings is 1. The molecule has 10 nitrogen and oxygen atoms in total. The number of aliphatic hydroxyl groups is 2. The molecule has 10 heteroatoms. The minimum absolute atomic E-state index is 0.00845. The predicted octanol–water partition coefficient (Wildman–Crippen LogP) is 1.28. The Morgan fingerprint density at radius 2 is 1.03 bits per heavy atom. The van der Waals surface area contributed by atoms with Gasteiger partial charge < -0.3 is 19.7 Å². The van der Waals surface area contributed by atoms with E-state index in [2.05, 4.69) is 0 Å². The summed E-state index contributed by atoms with van der Waals surface area (Å²) in [5, 5.41) is 21.3. The highest BCUT2D eigenvalue weighted by Gasteiger charge is 2.40. The Balaban J connectivity index is 2.43. The van der Waals surface area contributed by atoms with Crippen molar-refractivity contribution in [3.63, 3.8) is 0 Å². The summed E-state index contributed by atoms with van der Waals surface area (Å²) in [6.07, 6.45) is -2.26. The van der Waals surface area contributed by atoms with E-state index in [1.54, 1.807) is 12.1 Å². The van der Waals surface area contributed by atoms with Crippen LogP contribution >= 0.6 is 0 Å². The average Bonchev–Trinajstić information content (AvgIpc) is 2.89. The molecular weight excluding hydrogens is 468 g/mol. The fourth-order valence-corrected chi connectivity index (χ4v) is 4.81. The third-order valence-electron chi connectivity index (χ3n) is 7.33. The van der Waals surface area contributed by atoms with Gasteiger partial charge >= 0.3 is 23.8 Å². The number of cyclic esters (lactones) is 2. The van der Waals surface area contributed by atoms with Crippen LogP contribution in [0.3, 0.4) is 0 Å². The number of likely N-dealkylation sites (N-methyl/N-ethyl adjacent to an activating group) is 2. The summed E-state index contributed by atoms with van der Waals surface area (Å²) < 4.78 is 10.4. The van der Waals surface area contributed by atoms with Gasteiger partial charge in [-0.15, -0.1) is 0 Å². The lowest BCUT2D eigenvalue weighted by molar-refractivity contribution is -0.857. The summed E-state index contributed by atoms with van der Waals surface area (Å²) in [4.78, 5) is 52.0. The lowest BCUT2D eigenvalue weighted by Gasteiger charge is -2.37. The molecule has 0 aromatic heterocycles. The molecule has 2 rings (SSSR count). The lowest BCUT2D eigenvalue weighted by Crippen LogP contribution is -2.58. The maximum atomic E-state index is 13.3. The maximum absolute atomic E-state index is 13.3. The summed E-state index contributed by atoms with van der Waals surface area (Å²) in [6, 6.07) is 5.96. The maximum Gasteiger partial charge on any atom is 0.339 e. The van der Waals surface area contributed by atoms with Crippen molar-refractivity contribution < 1.29 is 47.8 Å². The van der Waals surface area contributed by atoms with Crippen LogP contribution in [0.5, 0.6) is 0 Å². The van der Waals surface area contributed by atoms with Crippen LogP contribution in [0, 0.1) is 0 Å². The zero-order valence-corrected chi connectivity index (χ0v) is 21.8. The second-order valence-electron chi connectivity index (χ2n) is 9.26. The number of quaternary nitrogens is 2. The summed E-state index contributed by atoms with van der Waals surface area (Å²) in [7, 11) is 0. The van der Waals surface area contributed by atoms with E-state index in [1.165, 1.54) is 12.1 Å². The molecule has 0 fully saturated rings. The van der Waals surface area contributed by atoms with Gasteiger partial charge in [0.25, 0.3) is 0 Å². The molecule has 0 saturated heterocycles. The van der Waals surface area contributed by atoms with Crippen molar-refractivity contribution >= 4 is 23.8 Å². The van der Waals surface area contributed by atoms with Crippen molar-refractivity contribution in [2.45, 2.75) is 52.7 Å². The van der Waals surface area contributed by atoms with Crippen LogP contribution in [0.2, 0.25) is 0 Å². The van der Waals surface area contributed by atoms with Crippen LogP contribution in [0.25, 0.3) is 0 Å². The second kappa shape index (κ2) is 13.0. The first-order valence-corrected chi connectivity index (χ1v) is 12.7. The first-order valence-electron chi connectivity index (χ1n) is 12.7. The van der Waals surface area contributed by atoms with Gasteiger partial charge in [-0.1, -0.05) is 12.1 Å². The van der Waals surface area contributed by atoms with E-state index in [4.69, 9.17) is 9.47 Å². The van der Waals surface area contributed by atoms with E-state index in [0.717, 1.165) is 0 Å². The van der Waals surface area contributed by atoms with Crippen molar-refractivity contribution in [2.75, 3.05) is 52.5 Å². The third kappa shape index (κ3) is 6.76. The highest BCUT2D eigenvalue weighted by Crippen LogP contribution is 2.19. The Bertz CT molecular complexity index is 865. The summed E-state index contributed by atoms with van der Waals surface area (Å²) >= 11 is 0. The van der Waals surface area contributed by atoms with E-state index in [0.29, 0.717) is 26.2 Å². The van der Waals surface area contributed by atoms with Gasteiger partial charge in [-0.2, -0.15) is 0 Å². The summed E-state index contributed by atoms with van der Waals surface area (Å²) in [5.41, 5.74) is -0.0638. The van der Waals surface area contributed by atoms with Gasteiger partial charge in [0.15, 0.2) is 0 Å². The molecule has 0 spiro atoms. The molecule has 200 valence electrons. The molecule has 2 amide bonds. The van der Waals surface area contributed by atoms with Gasteiger partial charge in [-0.25, -0.2) is 19.2 Å². The summed E-state index contributed by atoms with van der Waals surface area (Å²) in [6.45, 7) is 8.30. The van der Waals surface area contributed by atoms with Gasteiger partial charge in [0.2, 0.25) is 0 Å². The number of fused-ring (bicyclic) bond motifs is 1. The van der Waals surface area contributed by atoms with E-state index < -0.39 is 24.1 Å². The Hall–Kier alpha value is -2.66. The number of ether oxygens (including phenoxy) is 2. The number of carbonyl (C=O) groups is 4. The van der Waals surface area contributed by atoms with Crippen LogP contribution in [0.15, 0.2) is 24.3 Å². The van der Waals surface area contributed by atoms with Crippen LogP contribution in [0.4, 0.5) is 0 Å². The van der Waals surface area contributed by atoms with Crippen LogP contribution in [-0.4, -0.2) is 108 Å². The minimum Gasteiger partial charge on any atom is -0.459 e. The number of carbonyl (C=O) groups excluding carboxylic acids is 4. The smallest absolute Gasteiger partial charge is 0.339 e. The first-order chi connectivity index (χ1) is 17.1. The van der Waals surface area contributed by atoms with E-state index in [1.807, 2.05) is 27.7 Å². The fourth-order valence-electron chi connectivity index (χ4n) is 4.81.